The summed E-state index contributed by atoms with van der Waals surface area (Å²) in [5.74, 6) is 0. The molecule has 0 bridgehead atoms. The Kier molecular flexibility index (Phi) is 12.9. The molecule has 14 aromatic rings. The average Bonchev–Trinajstić information content (AvgIpc) is 3.06. The van der Waals surface area contributed by atoms with E-state index in [4.69, 9.17) is 0 Å². The van der Waals surface area contributed by atoms with Crippen LogP contribution >= 0.6 is 15.1 Å². The van der Waals surface area contributed by atoms with Gasteiger partial charge in [0.2, 0.25) is 0 Å². The molecule has 81 heavy (non-hydrogen) atoms. The molecule has 382 valence electrons. The molecule has 0 fully saturated rings. The molecule has 0 aliphatic carbocycles. The molecule has 0 aliphatic heterocycles. The van der Waals surface area contributed by atoms with Gasteiger partial charge in [0, 0.05) is 15.9 Å². The average molecular weight is 1070 g/mol. The molecule has 0 radical (unpaired) electrons. The van der Waals surface area contributed by atoms with Crippen molar-refractivity contribution in [3.63, 3.8) is 0 Å². The van der Waals surface area contributed by atoms with E-state index in [-0.39, 0.29) is 0 Å². The topological polar surface area (TPSA) is 17.1 Å². The van der Waals surface area contributed by atoms with Crippen molar-refractivity contribution >= 4 is 106 Å². The third-order valence-electron chi connectivity index (χ3n) is 16.2. The minimum atomic E-state index is -3.25. The monoisotopic (exact) mass is 1070 g/mol. The second-order valence-corrected chi connectivity index (χ2v) is 25.8. The van der Waals surface area contributed by atoms with Crippen molar-refractivity contribution in [1.29, 1.82) is 0 Å². The molecule has 1 nitrogen and oxygen atoms in total. The molecule has 14 aromatic carbocycles. The summed E-state index contributed by atoms with van der Waals surface area (Å²) in [5, 5.41) is 20.4. The molecule has 0 spiro atoms. The Balaban J connectivity index is 0.963. The standard InChI is InChI=1S/C78H54OP2/c1-3-20-66(4-2)81(79,67-29-12-7-13-30-67)68-44-40-58-48-56(36-38-60(58)50-68)62-42-46-74-76(52-62)78(72-34-19-24-54-22-15-17-32-70(54)72)73-45-41-61(51-75(73)77(74)71-33-18-23-53-21-14-16-31-69(53)71)55-35-37-59-49-65(43-39-57(59)47-55)80(63-25-8-5-9-26-63)64-27-10-6-11-28-64/h3-52H,1-2H2/b66-20+. The zero-order valence-electron chi connectivity index (χ0n) is 44.6. The van der Waals surface area contributed by atoms with Crippen LogP contribution in [-0.2, 0) is 4.57 Å². The van der Waals surface area contributed by atoms with Gasteiger partial charge in [-0.15, -0.1) is 0 Å². The van der Waals surface area contributed by atoms with Crippen molar-refractivity contribution in [3.05, 3.63) is 322 Å². The molecule has 0 amide bonds. The smallest absolute Gasteiger partial charge is 0.171 e. The summed E-state index contributed by atoms with van der Waals surface area (Å²) >= 11 is 0. The lowest BCUT2D eigenvalue weighted by Crippen LogP contribution is -2.20. The van der Waals surface area contributed by atoms with E-state index < -0.39 is 15.1 Å². The van der Waals surface area contributed by atoms with Gasteiger partial charge in [-0.2, -0.15) is 0 Å². The first-order valence-electron chi connectivity index (χ1n) is 27.6. The van der Waals surface area contributed by atoms with Gasteiger partial charge in [-0.3, -0.25) is 0 Å². The largest absolute Gasteiger partial charge is 0.309 e. The van der Waals surface area contributed by atoms with Crippen LogP contribution in [0.3, 0.4) is 0 Å². The lowest BCUT2D eigenvalue weighted by molar-refractivity contribution is 0.591. The van der Waals surface area contributed by atoms with Crippen LogP contribution in [-0.4, -0.2) is 0 Å². The quantitative estimate of drug-likeness (QED) is 0.0677. The predicted octanol–water partition coefficient (Wildman–Crippen LogP) is 19.6. The Morgan fingerprint density at radius 1 is 0.321 bits per heavy atom. The van der Waals surface area contributed by atoms with Crippen molar-refractivity contribution < 1.29 is 4.57 Å². The summed E-state index contributed by atoms with van der Waals surface area (Å²) in [5.41, 5.74) is 9.39. The third kappa shape index (κ3) is 8.84. The van der Waals surface area contributed by atoms with Gasteiger partial charge in [0.1, 0.15) is 0 Å². The Hall–Kier alpha value is -9.48. The molecular formula is C78H54OP2. The van der Waals surface area contributed by atoms with Gasteiger partial charge >= 0.3 is 0 Å². The fourth-order valence-corrected chi connectivity index (χ4v) is 17.3. The normalized spacial score (nSPS) is 12.6. The van der Waals surface area contributed by atoms with E-state index in [0.717, 1.165) is 32.5 Å². The van der Waals surface area contributed by atoms with Crippen molar-refractivity contribution in [2.24, 2.45) is 0 Å². The van der Waals surface area contributed by atoms with Crippen molar-refractivity contribution in [1.82, 2.24) is 0 Å². The lowest BCUT2D eigenvalue weighted by atomic mass is 9.82. The van der Waals surface area contributed by atoms with E-state index in [9.17, 15) is 0 Å². The molecule has 0 saturated heterocycles. The molecule has 0 aromatic heterocycles. The molecule has 0 aliphatic rings. The Morgan fingerprint density at radius 2 is 0.753 bits per heavy atom. The third-order valence-corrected chi connectivity index (χ3v) is 21.7. The van der Waals surface area contributed by atoms with Gasteiger partial charge in [-0.05, 0) is 169 Å². The summed E-state index contributed by atoms with van der Waals surface area (Å²) in [7, 11) is -3.98. The first kappa shape index (κ1) is 49.8. The highest BCUT2D eigenvalue weighted by Gasteiger charge is 2.31. The summed E-state index contributed by atoms with van der Waals surface area (Å²) in [4.78, 5) is 0. The SMILES string of the molecule is C=C/C=C(\C=C)P(=O)(c1ccccc1)c1ccc2cc(-c3ccc4c(-c5cccc6ccccc56)c5cc(-c6ccc7cc(P(c8ccccc8)c8ccccc8)ccc7c6)ccc5c(-c5cccc6ccccc56)c4c3)ccc2c1. The van der Waals surface area contributed by atoms with E-state index in [1.54, 1.807) is 12.2 Å². The number of fused-ring (bicyclic) bond motifs is 6. The van der Waals surface area contributed by atoms with Crippen LogP contribution < -0.4 is 26.5 Å². The maximum atomic E-state index is 15.4. The van der Waals surface area contributed by atoms with E-state index in [2.05, 4.69) is 262 Å². The maximum Gasteiger partial charge on any atom is 0.171 e. The fourth-order valence-electron chi connectivity index (χ4n) is 12.3. The molecule has 1 unspecified atom stereocenters. The first-order valence-corrected chi connectivity index (χ1v) is 30.6. The van der Waals surface area contributed by atoms with E-state index in [1.165, 1.54) is 103 Å². The molecule has 0 heterocycles. The number of benzene rings is 14. The number of hydrogen-bond acceptors (Lipinski definition) is 1. The minimum Gasteiger partial charge on any atom is -0.309 e. The van der Waals surface area contributed by atoms with Crippen LogP contribution in [0.25, 0.3) is 109 Å². The molecule has 1 atom stereocenters. The zero-order chi connectivity index (χ0) is 54.4. The van der Waals surface area contributed by atoms with Crippen LogP contribution in [0.15, 0.2) is 322 Å². The first-order chi connectivity index (χ1) is 39.9. The molecule has 0 N–H and O–H groups in total. The number of rotatable bonds is 12. The van der Waals surface area contributed by atoms with Gasteiger partial charge in [-0.25, -0.2) is 0 Å². The Labute approximate surface area is 474 Å². The minimum absolute atomic E-state index is 0.657. The van der Waals surface area contributed by atoms with E-state index in [0.29, 0.717) is 5.31 Å². The molecule has 14 rings (SSSR count). The van der Waals surface area contributed by atoms with Gasteiger partial charge in [0.15, 0.2) is 7.14 Å². The highest BCUT2D eigenvalue weighted by Crippen LogP contribution is 2.53. The second kappa shape index (κ2) is 21.0. The van der Waals surface area contributed by atoms with Gasteiger partial charge in [-0.1, -0.05) is 280 Å². The van der Waals surface area contributed by atoms with Crippen LogP contribution in [0.2, 0.25) is 0 Å². The number of hydrogen-bond donors (Lipinski definition) is 0. The van der Waals surface area contributed by atoms with E-state index >= 15 is 4.57 Å². The highest BCUT2D eigenvalue weighted by atomic mass is 31.2. The lowest BCUT2D eigenvalue weighted by Gasteiger charge is -2.22. The maximum absolute atomic E-state index is 15.4. The summed E-state index contributed by atoms with van der Waals surface area (Å²) < 4.78 is 15.4. The van der Waals surface area contributed by atoms with Crippen LogP contribution in [0.5, 0.6) is 0 Å². The van der Waals surface area contributed by atoms with Crippen LogP contribution in [0.4, 0.5) is 0 Å². The Bertz CT molecular complexity index is 4830. The summed E-state index contributed by atoms with van der Waals surface area (Å²) in [6, 6.07) is 104. The summed E-state index contributed by atoms with van der Waals surface area (Å²) in [6.07, 6.45) is 5.22. The number of allylic oxidation sites excluding steroid dienone is 4. The fraction of sp³-hybridized carbons (Fsp3) is 0. The van der Waals surface area contributed by atoms with Crippen LogP contribution in [0.1, 0.15) is 0 Å². The van der Waals surface area contributed by atoms with Crippen molar-refractivity contribution in [3.8, 4) is 44.5 Å². The molecular weight excluding hydrogens is 1010 g/mol. The van der Waals surface area contributed by atoms with Gasteiger partial charge in [0.05, 0.1) is 0 Å². The Morgan fingerprint density at radius 3 is 1.28 bits per heavy atom. The molecule has 3 heteroatoms. The predicted molar refractivity (Wildman–Crippen MR) is 354 cm³/mol. The van der Waals surface area contributed by atoms with Crippen molar-refractivity contribution in [2.45, 2.75) is 0 Å². The van der Waals surface area contributed by atoms with Crippen LogP contribution in [0, 0.1) is 0 Å². The van der Waals surface area contributed by atoms with Gasteiger partial charge < -0.3 is 4.57 Å². The van der Waals surface area contributed by atoms with Gasteiger partial charge in [0.25, 0.3) is 0 Å². The van der Waals surface area contributed by atoms with Crippen molar-refractivity contribution in [2.75, 3.05) is 0 Å². The van der Waals surface area contributed by atoms with E-state index in [1.807, 2.05) is 42.5 Å². The highest BCUT2D eigenvalue weighted by molar-refractivity contribution is 7.82. The molecule has 0 saturated carbocycles. The zero-order valence-corrected chi connectivity index (χ0v) is 46.4. The second-order valence-electron chi connectivity index (χ2n) is 20.8. The summed E-state index contributed by atoms with van der Waals surface area (Å²) in [6.45, 7) is 8.01.